The second-order valence-electron chi connectivity index (χ2n) is 9.01. The molecule has 8 nitrogen and oxygen atoms in total. The predicted octanol–water partition coefficient (Wildman–Crippen LogP) is 5.63. The van der Waals surface area contributed by atoms with Crippen molar-refractivity contribution < 1.29 is 9.59 Å². The van der Waals surface area contributed by atoms with Gasteiger partial charge in [0.05, 0.1) is 23.1 Å². The number of aromatic nitrogens is 5. The molecule has 0 aliphatic rings. The second kappa shape index (κ2) is 10.0. The van der Waals surface area contributed by atoms with Gasteiger partial charge in [-0.15, -0.1) is 0 Å². The Bertz CT molecular complexity index is 1630. The summed E-state index contributed by atoms with van der Waals surface area (Å²) in [6.07, 6.45) is 7.17. The van der Waals surface area contributed by atoms with Crippen molar-refractivity contribution in [3.8, 4) is 0 Å². The number of hydrogen-bond acceptors (Lipinski definition) is 5. The average Bonchev–Trinajstić information content (AvgIpc) is 3.51. The Labute approximate surface area is 214 Å². The number of nitrogens with zero attached hydrogens (tertiary/aromatic N) is 5. The van der Waals surface area contributed by atoms with Crippen LogP contribution in [0.3, 0.4) is 0 Å². The summed E-state index contributed by atoms with van der Waals surface area (Å²) in [5.74, 6) is -0.425. The summed E-state index contributed by atoms with van der Waals surface area (Å²) in [5.41, 5.74) is 4.39. The van der Waals surface area contributed by atoms with Gasteiger partial charge in [-0.25, -0.2) is 4.68 Å². The third-order valence-corrected chi connectivity index (χ3v) is 5.90. The first kappa shape index (κ1) is 23.9. The van der Waals surface area contributed by atoms with E-state index < -0.39 is 0 Å². The zero-order valence-corrected chi connectivity index (χ0v) is 20.8. The van der Waals surface area contributed by atoms with Gasteiger partial charge >= 0.3 is 0 Å². The molecule has 0 atom stereocenters. The van der Waals surface area contributed by atoms with E-state index in [1.807, 2.05) is 63.4 Å². The van der Waals surface area contributed by atoms with Gasteiger partial charge in [0.2, 0.25) is 0 Å². The fourth-order valence-corrected chi connectivity index (χ4v) is 4.10. The fourth-order valence-electron chi connectivity index (χ4n) is 4.10. The quantitative estimate of drug-likeness (QED) is 0.299. The van der Waals surface area contributed by atoms with E-state index >= 15 is 0 Å². The molecule has 0 fully saturated rings. The summed E-state index contributed by atoms with van der Waals surface area (Å²) >= 11 is 0. The van der Waals surface area contributed by atoms with E-state index in [1.54, 1.807) is 58.2 Å². The number of rotatable bonds is 7. The van der Waals surface area contributed by atoms with Gasteiger partial charge in [-0.1, -0.05) is 30.3 Å². The molecule has 0 radical (unpaired) electrons. The molecule has 0 aliphatic carbocycles. The SMILES string of the molecule is Cc1cc(C(=O)Nc2cccc(C(=O)c3ccc4cnn(C=Cc5ccccn5)c4c3)c2)n(C(C)C)n1. The first-order chi connectivity index (χ1) is 17.9. The molecule has 1 N–H and O–H groups in total. The Morgan fingerprint density at radius 2 is 1.81 bits per heavy atom. The van der Waals surface area contributed by atoms with Crippen molar-refractivity contribution in [2.24, 2.45) is 0 Å². The van der Waals surface area contributed by atoms with Crippen molar-refractivity contribution in [2.75, 3.05) is 5.32 Å². The van der Waals surface area contributed by atoms with Gasteiger partial charge in [0, 0.05) is 40.6 Å². The molecular formula is C29H26N6O2. The lowest BCUT2D eigenvalue weighted by Crippen LogP contribution is -2.19. The third kappa shape index (κ3) is 5.08. The Morgan fingerprint density at radius 1 is 0.973 bits per heavy atom. The standard InChI is InChI=1S/C29H26N6O2/c1-19(2)35-27(15-20(3)33-35)29(37)32-25-9-6-7-21(16-25)28(36)22-10-11-23-18-31-34(26(23)17-22)14-12-24-8-4-5-13-30-24/h4-19H,1-3H3,(H,32,37). The molecule has 37 heavy (non-hydrogen) atoms. The zero-order valence-electron chi connectivity index (χ0n) is 20.8. The van der Waals surface area contributed by atoms with Crippen LogP contribution in [0.5, 0.6) is 0 Å². The number of ketones is 1. The molecule has 2 aromatic carbocycles. The van der Waals surface area contributed by atoms with E-state index in [-0.39, 0.29) is 17.7 Å². The second-order valence-corrected chi connectivity index (χ2v) is 9.01. The maximum atomic E-state index is 13.4. The lowest BCUT2D eigenvalue weighted by molar-refractivity contribution is 0.101. The van der Waals surface area contributed by atoms with Crippen LogP contribution in [0.4, 0.5) is 5.69 Å². The topological polar surface area (TPSA) is 94.7 Å². The highest BCUT2D eigenvalue weighted by atomic mass is 16.2. The molecular weight excluding hydrogens is 464 g/mol. The number of fused-ring (bicyclic) bond motifs is 1. The number of hydrogen-bond donors (Lipinski definition) is 1. The van der Waals surface area contributed by atoms with Gasteiger partial charge in [0.1, 0.15) is 5.69 Å². The molecule has 5 aromatic rings. The fraction of sp³-hybridized carbons (Fsp3) is 0.138. The molecule has 0 spiro atoms. The van der Waals surface area contributed by atoms with Crippen LogP contribution in [0.1, 0.15) is 57.7 Å². The summed E-state index contributed by atoms with van der Waals surface area (Å²) in [6.45, 7) is 5.80. The van der Waals surface area contributed by atoms with Gasteiger partial charge in [-0.2, -0.15) is 10.2 Å². The number of amides is 1. The number of aryl methyl sites for hydroxylation is 1. The largest absolute Gasteiger partial charge is 0.321 e. The average molecular weight is 491 g/mol. The summed E-state index contributed by atoms with van der Waals surface area (Å²) in [7, 11) is 0. The van der Waals surface area contributed by atoms with Gasteiger partial charge in [0.25, 0.3) is 5.91 Å². The highest BCUT2D eigenvalue weighted by Gasteiger charge is 2.17. The van der Waals surface area contributed by atoms with Crippen molar-refractivity contribution in [3.05, 3.63) is 107 Å². The lowest BCUT2D eigenvalue weighted by Gasteiger charge is -2.11. The molecule has 184 valence electrons. The van der Waals surface area contributed by atoms with Crippen LogP contribution < -0.4 is 5.32 Å². The summed E-state index contributed by atoms with van der Waals surface area (Å²) in [5, 5.41) is 12.6. The molecule has 5 rings (SSSR count). The van der Waals surface area contributed by atoms with E-state index in [4.69, 9.17) is 0 Å². The minimum atomic E-state index is -0.274. The Kier molecular flexibility index (Phi) is 6.47. The normalized spacial score (nSPS) is 11.5. The summed E-state index contributed by atoms with van der Waals surface area (Å²) in [6, 6.07) is 19.9. The van der Waals surface area contributed by atoms with Gasteiger partial charge in [0.15, 0.2) is 5.78 Å². The number of carbonyl (C=O) groups is 2. The molecule has 0 saturated carbocycles. The van der Waals surface area contributed by atoms with E-state index in [0.717, 1.165) is 22.3 Å². The first-order valence-electron chi connectivity index (χ1n) is 12.0. The van der Waals surface area contributed by atoms with Gasteiger partial charge in [-0.05, 0) is 63.2 Å². The van der Waals surface area contributed by atoms with Crippen LogP contribution in [0.2, 0.25) is 0 Å². The zero-order chi connectivity index (χ0) is 25.9. The minimum absolute atomic E-state index is 0.0458. The highest BCUT2D eigenvalue weighted by Crippen LogP contribution is 2.21. The number of nitrogens with one attached hydrogen (secondary N) is 1. The van der Waals surface area contributed by atoms with Gasteiger partial charge in [-0.3, -0.25) is 19.3 Å². The maximum Gasteiger partial charge on any atom is 0.273 e. The molecule has 3 aromatic heterocycles. The number of anilines is 1. The summed E-state index contributed by atoms with van der Waals surface area (Å²) in [4.78, 5) is 30.6. The smallest absolute Gasteiger partial charge is 0.273 e. The van der Waals surface area contributed by atoms with Crippen LogP contribution in [0, 0.1) is 6.92 Å². The van der Waals surface area contributed by atoms with Crippen LogP contribution in [-0.4, -0.2) is 36.2 Å². The number of benzene rings is 2. The van der Waals surface area contributed by atoms with Crippen molar-refractivity contribution in [1.29, 1.82) is 0 Å². The van der Waals surface area contributed by atoms with E-state index in [2.05, 4.69) is 20.5 Å². The van der Waals surface area contributed by atoms with Crippen molar-refractivity contribution in [1.82, 2.24) is 24.5 Å². The Balaban J connectivity index is 1.39. The lowest BCUT2D eigenvalue weighted by atomic mass is 10.0. The molecule has 0 saturated heterocycles. The van der Waals surface area contributed by atoms with Crippen molar-refractivity contribution in [3.63, 3.8) is 0 Å². The van der Waals surface area contributed by atoms with Crippen LogP contribution in [-0.2, 0) is 0 Å². The molecule has 0 unspecified atom stereocenters. The number of carbonyl (C=O) groups excluding carboxylic acids is 2. The molecule has 0 aliphatic heterocycles. The van der Waals surface area contributed by atoms with Gasteiger partial charge < -0.3 is 5.32 Å². The Morgan fingerprint density at radius 3 is 2.59 bits per heavy atom. The van der Waals surface area contributed by atoms with Crippen molar-refractivity contribution in [2.45, 2.75) is 26.8 Å². The molecule has 8 heteroatoms. The molecule has 3 heterocycles. The monoisotopic (exact) mass is 490 g/mol. The first-order valence-corrected chi connectivity index (χ1v) is 12.0. The third-order valence-electron chi connectivity index (χ3n) is 5.90. The predicted molar refractivity (Wildman–Crippen MR) is 144 cm³/mol. The van der Waals surface area contributed by atoms with Crippen molar-refractivity contribution >= 4 is 40.6 Å². The molecule has 0 bridgehead atoms. The van der Waals surface area contributed by atoms with Crippen LogP contribution in [0.15, 0.2) is 79.1 Å². The molecule has 1 amide bonds. The van der Waals surface area contributed by atoms with E-state index in [0.29, 0.717) is 22.5 Å². The highest BCUT2D eigenvalue weighted by molar-refractivity contribution is 6.11. The van der Waals surface area contributed by atoms with Crippen LogP contribution in [0.25, 0.3) is 23.2 Å². The van der Waals surface area contributed by atoms with E-state index in [9.17, 15) is 9.59 Å². The van der Waals surface area contributed by atoms with Crippen LogP contribution >= 0.6 is 0 Å². The minimum Gasteiger partial charge on any atom is -0.321 e. The van der Waals surface area contributed by atoms with E-state index in [1.165, 1.54) is 0 Å². The summed E-state index contributed by atoms with van der Waals surface area (Å²) < 4.78 is 3.41. The Hall–Kier alpha value is -4.85. The maximum absolute atomic E-state index is 13.4. The number of pyridine rings is 1.